The fraction of sp³-hybridized carbons (Fsp3) is 0.500. The Morgan fingerprint density at radius 2 is 1.71 bits per heavy atom. The molecule has 17 heavy (non-hydrogen) atoms. The molecule has 6 N–H and O–H groups in total. The van der Waals surface area contributed by atoms with Crippen LogP contribution in [0.3, 0.4) is 0 Å². The van der Waals surface area contributed by atoms with Crippen molar-refractivity contribution in [2.45, 2.75) is 0 Å². The SMILES string of the molecule is Nc1nc(N)nc(OCCOCP(=O)(O)O)n1. The Morgan fingerprint density at radius 1 is 1.12 bits per heavy atom. The molecule has 11 heteroatoms. The highest BCUT2D eigenvalue weighted by Crippen LogP contribution is 2.33. The predicted octanol–water partition coefficient (Wildman–Crippen LogP) is -1.43. The van der Waals surface area contributed by atoms with Gasteiger partial charge in [0.05, 0.1) is 6.61 Å². The van der Waals surface area contributed by atoms with Crippen molar-refractivity contribution >= 4 is 19.5 Å². The molecule has 0 amide bonds. The summed E-state index contributed by atoms with van der Waals surface area (Å²) in [6.07, 6.45) is -0.669. The van der Waals surface area contributed by atoms with Crippen LogP contribution in [-0.2, 0) is 9.30 Å². The van der Waals surface area contributed by atoms with E-state index < -0.39 is 13.9 Å². The largest absolute Gasteiger partial charge is 0.461 e. The summed E-state index contributed by atoms with van der Waals surface area (Å²) in [6.45, 7) is -0.0283. The van der Waals surface area contributed by atoms with Gasteiger partial charge in [0.15, 0.2) is 0 Å². The second-order valence-electron chi connectivity index (χ2n) is 2.88. The van der Waals surface area contributed by atoms with E-state index in [1.807, 2.05) is 0 Å². The van der Waals surface area contributed by atoms with Crippen LogP contribution < -0.4 is 16.2 Å². The molecule has 1 aromatic heterocycles. The highest BCUT2D eigenvalue weighted by Gasteiger charge is 2.12. The van der Waals surface area contributed by atoms with Crippen LogP contribution >= 0.6 is 7.60 Å². The Bertz CT molecular complexity index is 403. The van der Waals surface area contributed by atoms with Crippen molar-refractivity contribution in [1.82, 2.24) is 15.0 Å². The molecule has 1 rings (SSSR count). The van der Waals surface area contributed by atoms with E-state index in [0.717, 1.165) is 0 Å². The lowest BCUT2D eigenvalue weighted by Gasteiger charge is -2.06. The highest BCUT2D eigenvalue weighted by molar-refractivity contribution is 7.51. The summed E-state index contributed by atoms with van der Waals surface area (Å²) in [5, 5.41) is 0. The molecular weight excluding hydrogens is 253 g/mol. The summed E-state index contributed by atoms with van der Waals surface area (Å²) in [4.78, 5) is 27.8. The minimum atomic E-state index is -4.15. The Balaban J connectivity index is 2.29. The molecule has 96 valence electrons. The third kappa shape index (κ3) is 5.97. The number of nitrogen functional groups attached to an aromatic ring is 2. The number of nitrogens with two attached hydrogens (primary N) is 2. The van der Waals surface area contributed by atoms with E-state index in [9.17, 15) is 4.57 Å². The molecule has 0 aliphatic heterocycles. The molecule has 0 spiro atoms. The van der Waals surface area contributed by atoms with Gasteiger partial charge < -0.3 is 30.7 Å². The Hall–Kier alpha value is -1.48. The van der Waals surface area contributed by atoms with E-state index in [2.05, 4.69) is 19.7 Å². The van der Waals surface area contributed by atoms with Crippen LogP contribution in [-0.4, -0.2) is 44.3 Å². The standard InChI is InChI=1S/C6H12N5O5P/c7-4-9-5(8)11-6(10-4)16-2-1-15-3-17(12,13)14/h1-3H2,(H2,12,13,14)(H4,7,8,9,10,11). The molecule has 0 atom stereocenters. The summed E-state index contributed by atoms with van der Waals surface area (Å²) in [6, 6.07) is -0.0743. The van der Waals surface area contributed by atoms with Gasteiger partial charge in [0.1, 0.15) is 13.0 Å². The Kier molecular flexibility index (Phi) is 4.58. The molecule has 0 bridgehead atoms. The Labute approximate surface area is 96.1 Å². The van der Waals surface area contributed by atoms with Crippen LogP contribution in [0, 0.1) is 0 Å². The number of hydrogen-bond donors (Lipinski definition) is 4. The molecule has 0 aromatic carbocycles. The van der Waals surface area contributed by atoms with Crippen molar-refractivity contribution in [1.29, 1.82) is 0 Å². The number of anilines is 2. The fourth-order valence-electron chi connectivity index (χ4n) is 0.828. The van der Waals surface area contributed by atoms with E-state index in [4.69, 9.17) is 26.0 Å². The average Bonchev–Trinajstić information content (AvgIpc) is 2.13. The first-order valence-corrected chi connectivity index (χ1v) is 6.19. The van der Waals surface area contributed by atoms with Crippen molar-refractivity contribution in [3.8, 4) is 6.01 Å². The van der Waals surface area contributed by atoms with E-state index >= 15 is 0 Å². The maximum atomic E-state index is 10.4. The molecule has 0 fully saturated rings. The second-order valence-corrected chi connectivity index (χ2v) is 4.47. The third-order valence-electron chi connectivity index (χ3n) is 1.37. The number of rotatable bonds is 6. The van der Waals surface area contributed by atoms with Gasteiger partial charge in [0, 0.05) is 0 Å². The van der Waals surface area contributed by atoms with Gasteiger partial charge in [-0.3, -0.25) is 4.57 Å². The van der Waals surface area contributed by atoms with E-state index in [-0.39, 0.29) is 31.1 Å². The smallest absolute Gasteiger partial charge is 0.350 e. The minimum absolute atomic E-state index is 0.00287. The van der Waals surface area contributed by atoms with Gasteiger partial charge in [0.25, 0.3) is 0 Å². The number of ether oxygens (including phenoxy) is 2. The first-order chi connectivity index (χ1) is 7.87. The predicted molar refractivity (Wildman–Crippen MR) is 57.0 cm³/mol. The lowest BCUT2D eigenvalue weighted by atomic mass is 10.8. The van der Waals surface area contributed by atoms with Crippen LogP contribution in [0.2, 0.25) is 0 Å². The lowest BCUT2D eigenvalue weighted by molar-refractivity contribution is 0.116. The Morgan fingerprint density at radius 3 is 2.24 bits per heavy atom. The zero-order valence-corrected chi connectivity index (χ0v) is 9.58. The lowest BCUT2D eigenvalue weighted by Crippen LogP contribution is -2.11. The van der Waals surface area contributed by atoms with Crippen LogP contribution in [0.15, 0.2) is 0 Å². The molecule has 0 saturated heterocycles. The molecular formula is C6H12N5O5P. The fourth-order valence-corrected chi connectivity index (χ4v) is 1.20. The van der Waals surface area contributed by atoms with Gasteiger partial charge in [-0.25, -0.2) is 0 Å². The highest BCUT2D eigenvalue weighted by atomic mass is 31.2. The summed E-state index contributed by atoms with van der Waals surface area (Å²) in [5.74, 6) is -0.160. The third-order valence-corrected chi connectivity index (χ3v) is 1.89. The average molecular weight is 265 g/mol. The molecule has 0 aliphatic carbocycles. The van der Waals surface area contributed by atoms with Gasteiger partial charge in [-0.1, -0.05) is 0 Å². The molecule has 0 aliphatic rings. The van der Waals surface area contributed by atoms with E-state index in [1.165, 1.54) is 0 Å². The summed E-state index contributed by atoms with van der Waals surface area (Å²) in [7, 11) is -4.15. The topological polar surface area (TPSA) is 167 Å². The normalized spacial score (nSPS) is 11.4. The monoisotopic (exact) mass is 265 g/mol. The number of hydrogen-bond acceptors (Lipinski definition) is 8. The molecule has 0 radical (unpaired) electrons. The van der Waals surface area contributed by atoms with Crippen LogP contribution in [0.5, 0.6) is 6.01 Å². The summed E-state index contributed by atoms with van der Waals surface area (Å²) >= 11 is 0. The first-order valence-electron chi connectivity index (χ1n) is 4.39. The van der Waals surface area contributed by atoms with Crippen molar-refractivity contribution in [2.24, 2.45) is 0 Å². The maximum absolute atomic E-state index is 10.4. The molecule has 0 saturated carbocycles. The minimum Gasteiger partial charge on any atom is -0.461 e. The van der Waals surface area contributed by atoms with Gasteiger partial charge >= 0.3 is 13.6 Å². The zero-order chi connectivity index (χ0) is 12.9. The first kappa shape index (κ1) is 13.6. The van der Waals surface area contributed by atoms with Gasteiger partial charge in [-0.05, 0) is 0 Å². The zero-order valence-electron chi connectivity index (χ0n) is 8.68. The van der Waals surface area contributed by atoms with Gasteiger partial charge in [-0.15, -0.1) is 0 Å². The second kappa shape index (κ2) is 5.73. The summed E-state index contributed by atoms with van der Waals surface area (Å²) in [5.41, 5.74) is 10.6. The maximum Gasteiger partial charge on any atom is 0.350 e. The van der Waals surface area contributed by atoms with Crippen molar-refractivity contribution in [2.75, 3.05) is 31.0 Å². The number of nitrogens with zero attached hydrogens (tertiary/aromatic N) is 3. The van der Waals surface area contributed by atoms with Crippen molar-refractivity contribution < 1.29 is 23.8 Å². The quantitative estimate of drug-likeness (QED) is 0.353. The van der Waals surface area contributed by atoms with E-state index in [1.54, 1.807) is 0 Å². The molecule has 1 heterocycles. The van der Waals surface area contributed by atoms with Crippen molar-refractivity contribution in [3.63, 3.8) is 0 Å². The van der Waals surface area contributed by atoms with E-state index in [0.29, 0.717) is 0 Å². The van der Waals surface area contributed by atoms with Crippen LogP contribution in [0.25, 0.3) is 0 Å². The van der Waals surface area contributed by atoms with Gasteiger partial charge in [-0.2, -0.15) is 15.0 Å². The van der Waals surface area contributed by atoms with Crippen LogP contribution in [0.4, 0.5) is 11.9 Å². The van der Waals surface area contributed by atoms with Crippen molar-refractivity contribution in [3.05, 3.63) is 0 Å². The van der Waals surface area contributed by atoms with Crippen LogP contribution in [0.1, 0.15) is 0 Å². The number of aromatic nitrogens is 3. The van der Waals surface area contributed by atoms with Gasteiger partial charge in [0.2, 0.25) is 11.9 Å². The molecule has 1 aromatic rings. The summed E-state index contributed by atoms with van der Waals surface area (Å²) < 4.78 is 20.1. The molecule has 0 unspecified atom stereocenters. The molecule has 10 nitrogen and oxygen atoms in total.